The summed E-state index contributed by atoms with van der Waals surface area (Å²) in [6.07, 6.45) is 3.82. The lowest BCUT2D eigenvalue weighted by atomic mass is 10.00. The van der Waals surface area contributed by atoms with Crippen molar-refractivity contribution in [2.45, 2.75) is 18.6 Å². The Balaban J connectivity index is 1.41. The number of likely N-dealkylation sites (N-methyl/N-ethyl adjacent to an activating group) is 1. The molecule has 1 aromatic heterocycles. The highest BCUT2D eigenvalue weighted by molar-refractivity contribution is 5.92. The van der Waals surface area contributed by atoms with E-state index in [4.69, 9.17) is 10.5 Å². The molecule has 1 saturated heterocycles. The zero-order valence-electron chi connectivity index (χ0n) is 19.5. The van der Waals surface area contributed by atoms with Crippen LogP contribution in [0.4, 0.5) is 0 Å². The van der Waals surface area contributed by atoms with Crippen LogP contribution in [0.3, 0.4) is 0 Å². The number of ether oxygens (including phenoxy) is 1. The van der Waals surface area contributed by atoms with Gasteiger partial charge >= 0.3 is 0 Å². The molecule has 0 radical (unpaired) electrons. The van der Waals surface area contributed by atoms with E-state index in [0.29, 0.717) is 37.4 Å². The Bertz CT molecular complexity index is 1270. The predicted octanol–water partition coefficient (Wildman–Crippen LogP) is 1.42. The Morgan fingerprint density at radius 3 is 2.83 bits per heavy atom. The van der Waals surface area contributed by atoms with Crippen LogP contribution in [0.15, 0.2) is 54.9 Å². The third-order valence-electron chi connectivity index (χ3n) is 6.07. The van der Waals surface area contributed by atoms with Gasteiger partial charge in [-0.05, 0) is 66.9 Å². The minimum atomic E-state index is -0.414. The smallest absolute Gasteiger partial charge is 0.242 e. The van der Waals surface area contributed by atoms with E-state index in [1.54, 1.807) is 30.4 Å². The Labute approximate surface area is 203 Å². The molecule has 9 heteroatoms. The highest BCUT2D eigenvalue weighted by atomic mass is 16.5. The molecule has 1 aliphatic rings. The third kappa shape index (κ3) is 5.57. The fourth-order valence-electron chi connectivity index (χ4n) is 4.06. The van der Waals surface area contributed by atoms with Gasteiger partial charge in [-0.25, -0.2) is 0 Å². The van der Waals surface area contributed by atoms with Gasteiger partial charge in [-0.3, -0.25) is 14.6 Å². The number of nitrogens with zero attached hydrogens (tertiary/aromatic N) is 3. The number of amides is 2. The molecule has 1 aliphatic heterocycles. The van der Waals surface area contributed by atoms with Gasteiger partial charge in [0.15, 0.2) is 0 Å². The molecule has 1 atom stereocenters. The Hall–Kier alpha value is -4.00. The second-order valence-corrected chi connectivity index (χ2v) is 8.44. The molecule has 2 aromatic carbocycles. The van der Waals surface area contributed by atoms with Gasteiger partial charge in [0.25, 0.3) is 0 Å². The van der Waals surface area contributed by atoms with Crippen molar-refractivity contribution in [2.24, 2.45) is 5.73 Å². The Morgan fingerprint density at radius 2 is 2.09 bits per heavy atom. The van der Waals surface area contributed by atoms with E-state index in [9.17, 15) is 14.9 Å². The first kappa shape index (κ1) is 24.1. The van der Waals surface area contributed by atoms with Crippen LogP contribution >= 0.6 is 0 Å². The molecule has 35 heavy (non-hydrogen) atoms. The van der Waals surface area contributed by atoms with Crippen LogP contribution < -0.4 is 21.1 Å². The number of aromatic nitrogens is 1. The second-order valence-electron chi connectivity index (χ2n) is 8.44. The molecule has 1 fully saturated rings. The molecule has 4 N–H and O–H groups in total. The summed E-state index contributed by atoms with van der Waals surface area (Å²) in [7, 11) is 1.69. The first-order valence-electron chi connectivity index (χ1n) is 11.5. The van der Waals surface area contributed by atoms with Crippen LogP contribution in [0, 0.1) is 11.3 Å². The van der Waals surface area contributed by atoms with Gasteiger partial charge in [-0.15, -0.1) is 0 Å². The average Bonchev–Trinajstić information content (AvgIpc) is 2.87. The number of likely N-dealkylation sites (tertiary alicyclic amines) is 1. The van der Waals surface area contributed by atoms with Crippen molar-refractivity contribution in [3.8, 4) is 22.9 Å². The predicted molar refractivity (Wildman–Crippen MR) is 132 cm³/mol. The molecule has 0 aliphatic carbocycles. The van der Waals surface area contributed by atoms with Crippen molar-refractivity contribution in [1.82, 2.24) is 20.5 Å². The first-order chi connectivity index (χ1) is 17.0. The summed E-state index contributed by atoms with van der Waals surface area (Å²) in [5.74, 6) is 0.280. The molecule has 0 spiro atoms. The molecule has 2 amide bonds. The lowest BCUT2D eigenvalue weighted by Crippen LogP contribution is -2.58. The monoisotopic (exact) mass is 472 g/mol. The van der Waals surface area contributed by atoms with E-state index in [0.717, 1.165) is 21.9 Å². The van der Waals surface area contributed by atoms with E-state index in [2.05, 4.69) is 21.7 Å². The maximum atomic E-state index is 12.5. The van der Waals surface area contributed by atoms with Gasteiger partial charge in [-0.2, -0.15) is 5.26 Å². The molecule has 180 valence electrons. The molecule has 3 aromatic rings. The number of hydrogen-bond acceptors (Lipinski definition) is 7. The van der Waals surface area contributed by atoms with Crippen molar-refractivity contribution >= 4 is 22.6 Å². The molecule has 0 bridgehead atoms. The third-order valence-corrected chi connectivity index (χ3v) is 6.07. The summed E-state index contributed by atoms with van der Waals surface area (Å²) in [5, 5.41) is 16.7. The summed E-state index contributed by atoms with van der Waals surface area (Å²) in [6.45, 7) is 1.19. The summed E-state index contributed by atoms with van der Waals surface area (Å²) in [4.78, 5) is 30.5. The molecule has 9 nitrogen and oxygen atoms in total. The van der Waals surface area contributed by atoms with E-state index in [1.807, 2.05) is 36.4 Å². The number of nitriles is 1. The number of carbonyl (C=O) groups is 2. The van der Waals surface area contributed by atoms with Crippen LogP contribution in [0.25, 0.3) is 21.9 Å². The highest BCUT2D eigenvalue weighted by Gasteiger charge is 2.33. The average molecular weight is 473 g/mol. The van der Waals surface area contributed by atoms with Crippen molar-refractivity contribution in [2.75, 3.05) is 33.2 Å². The van der Waals surface area contributed by atoms with Gasteiger partial charge in [0.2, 0.25) is 11.8 Å². The van der Waals surface area contributed by atoms with Gasteiger partial charge in [0, 0.05) is 17.8 Å². The molecule has 4 rings (SSSR count). The van der Waals surface area contributed by atoms with Crippen molar-refractivity contribution in [3.63, 3.8) is 0 Å². The molecule has 2 heterocycles. The summed E-state index contributed by atoms with van der Waals surface area (Å²) in [5.41, 5.74) is 7.96. The van der Waals surface area contributed by atoms with E-state index < -0.39 is 6.04 Å². The SMILES string of the molecule is CNC(CCN)C(=O)NCC(=O)N1CC(Oc2cc(-c3cccc(C#N)c3)cc3ccncc23)C1. The van der Waals surface area contributed by atoms with Gasteiger partial charge in [0.1, 0.15) is 11.9 Å². The van der Waals surface area contributed by atoms with Crippen LogP contribution in [-0.4, -0.2) is 67.1 Å². The van der Waals surface area contributed by atoms with Crippen molar-refractivity contribution < 1.29 is 14.3 Å². The summed E-state index contributed by atoms with van der Waals surface area (Å²) in [6, 6.07) is 15.1. The number of hydrogen-bond donors (Lipinski definition) is 3. The fraction of sp³-hybridized carbons (Fsp3) is 0.308. The normalized spacial score (nSPS) is 14.1. The maximum absolute atomic E-state index is 12.5. The minimum absolute atomic E-state index is 0.0636. The standard InChI is InChI=1S/C26H28N6O3/c1-29-23(5-7-27)26(34)31-14-25(33)32-15-21(16-32)35-24-11-20(10-19-6-8-30-13-22(19)24)18-4-2-3-17(9-18)12-28/h2-4,6,8-11,13,21,23,29H,5,7,14-16,27H2,1H3,(H,31,34). The summed E-state index contributed by atoms with van der Waals surface area (Å²) < 4.78 is 6.27. The zero-order valence-corrected chi connectivity index (χ0v) is 19.5. The van der Waals surface area contributed by atoms with Crippen LogP contribution in [0.1, 0.15) is 12.0 Å². The number of carbonyl (C=O) groups excluding carboxylic acids is 2. The second kappa shape index (κ2) is 11.0. The minimum Gasteiger partial charge on any atom is -0.486 e. The van der Waals surface area contributed by atoms with E-state index >= 15 is 0 Å². The number of benzene rings is 2. The van der Waals surface area contributed by atoms with Crippen LogP contribution in [0.2, 0.25) is 0 Å². The largest absolute Gasteiger partial charge is 0.486 e. The Kier molecular flexibility index (Phi) is 7.55. The maximum Gasteiger partial charge on any atom is 0.242 e. The Morgan fingerprint density at radius 1 is 1.26 bits per heavy atom. The van der Waals surface area contributed by atoms with Gasteiger partial charge < -0.3 is 26.0 Å². The van der Waals surface area contributed by atoms with Crippen molar-refractivity contribution in [1.29, 1.82) is 5.26 Å². The molecule has 1 unspecified atom stereocenters. The quantitative estimate of drug-likeness (QED) is 0.429. The number of nitrogens with two attached hydrogens (primary N) is 1. The zero-order chi connectivity index (χ0) is 24.8. The first-order valence-corrected chi connectivity index (χ1v) is 11.5. The van der Waals surface area contributed by atoms with Crippen molar-refractivity contribution in [3.05, 3.63) is 60.4 Å². The lowest BCUT2D eigenvalue weighted by Gasteiger charge is -2.39. The molecular formula is C26H28N6O3. The van der Waals surface area contributed by atoms with Gasteiger partial charge in [-0.1, -0.05) is 12.1 Å². The van der Waals surface area contributed by atoms with Crippen LogP contribution in [0.5, 0.6) is 5.75 Å². The van der Waals surface area contributed by atoms with Gasteiger partial charge in [0.05, 0.1) is 37.3 Å². The fourth-order valence-corrected chi connectivity index (χ4v) is 4.06. The molecular weight excluding hydrogens is 444 g/mol. The van der Waals surface area contributed by atoms with E-state index in [-0.39, 0.29) is 24.5 Å². The molecule has 0 saturated carbocycles. The number of fused-ring (bicyclic) bond motifs is 1. The van der Waals surface area contributed by atoms with E-state index in [1.165, 1.54) is 0 Å². The lowest BCUT2D eigenvalue weighted by molar-refractivity contribution is -0.140. The summed E-state index contributed by atoms with van der Waals surface area (Å²) >= 11 is 0. The topological polar surface area (TPSA) is 133 Å². The number of rotatable bonds is 9. The highest BCUT2D eigenvalue weighted by Crippen LogP contribution is 2.34. The van der Waals surface area contributed by atoms with Crippen LogP contribution in [-0.2, 0) is 9.59 Å². The number of nitrogens with one attached hydrogen (secondary N) is 2. The number of pyridine rings is 1.